The van der Waals surface area contributed by atoms with E-state index in [2.05, 4.69) is 19.2 Å². The van der Waals surface area contributed by atoms with E-state index < -0.39 is 11.5 Å². The van der Waals surface area contributed by atoms with Crippen molar-refractivity contribution < 1.29 is 14.7 Å². The summed E-state index contributed by atoms with van der Waals surface area (Å²) in [6.07, 6.45) is 4.62. The molecule has 2 saturated carbocycles. The zero-order chi connectivity index (χ0) is 12.7. The third-order valence-electron chi connectivity index (χ3n) is 4.27. The molecule has 0 radical (unpaired) electrons. The molecule has 0 aromatic rings. The van der Waals surface area contributed by atoms with Gasteiger partial charge in [-0.25, -0.2) is 0 Å². The Hall–Kier alpha value is -1.06. The summed E-state index contributed by atoms with van der Waals surface area (Å²) in [6.45, 7) is 4.16. The Balaban J connectivity index is 1.98. The van der Waals surface area contributed by atoms with Gasteiger partial charge in [0.1, 0.15) is 0 Å². The van der Waals surface area contributed by atoms with Crippen molar-refractivity contribution in [3.8, 4) is 0 Å². The van der Waals surface area contributed by atoms with Gasteiger partial charge in [0.05, 0.1) is 12.0 Å². The first kappa shape index (κ1) is 12.4. The van der Waals surface area contributed by atoms with Gasteiger partial charge in [0, 0.05) is 5.92 Å². The molecule has 0 aromatic carbocycles. The molecule has 4 nitrogen and oxygen atoms in total. The second-order valence-electron chi connectivity index (χ2n) is 6.29. The third kappa shape index (κ3) is 2.61. The lowest BCUT2D eigenvalue weighted by Gasteiger charge is -2.29. The summed E-state index contributed by atoms with van der Waals surface area (Å²) >= 11 is 0. The van der Waals surface area contributed by atoms with Gasteiger partial charge in [-0.05, 0) is 24.7 Å². The Morgan fingerprint density at radius 3 is 2.24 bits per heavy atom. The number of rotatable bonds is 4. The van der Waals surface area contributed by atoms with Crippen LogP contribution in [0.2, 0.25) is 0 Å². The Morgan fingerprint density at radius 1 is 1.29 bits per heavy atom. The molecular formula is C13H21NO3. The Labute approximate surface area is 102 Å². The van der Waals surface area contributed by atoms with E-state index in [0.717, 1.165) is 32.1 Å². The van der Waals surface area contributed by atoms with E-state index in [1.165, 1.54) is 0 Å². The molecule has 0 heterocycles. The van der Waals surface area contributed by atoms with Crippen LogP contribution in [0, 0.1) is 11.3 Å². The van der Waals surface area contributed by atoms with Gasteiger partial charge >= 0.3 is 5.97 Å². The van der Waals surface area contributed by atoms with Crippen LogP contribution in [0.3, 0.4) is 0 Å². The third-order valence-corrected chi connectivity index (χ3v) is 4.27. The summed E-state index contributed by atoms with van der Waals surface area (Å²) in [4.78, 5) is 23.0. The molecule has 0 aliphatic heterocycles. The van der Waals surface area contributed by atoms with Crippen LogP contribution in [0.15, 0.2) is 0 Å². The van der Waals surface area contributed by atoms with E-state index in [1.54, 1.807) is 0 Å². The van der Waals surface area contributed by atoms with E-state index >= 15 is 0 Å². The van der Waals surface area contributed by atoms with Crippen molar-refractivity contribution in [3.05, 3.63) is 0 Å². The summed E-state index contributed by atoms with van der Waals surface area (Å²) < 4.78 is 0. The smallest absolute Gasteiger partial charge is 0.305 e. The number of carbonyl (C=O) groups is 2. The first-order valence-electron chi connectivity index (χ1n) is 6.39. The number of hydrogen-bond acceptors (Lipinski definition) is 2. The fourth-order valence-electron chi connectivity index (χ4n) is 2.95. The molecule has 2 rings (SSSR count). The lowest BCUT2D eigenvalue weighted by Crippen LogP contribution is -2.48. The monoisotopic (exact) mass is 239 g/mol. The predicted molar refractivity (Wildman–Crippen MR) is 63.5 cm³/mol. The van der Waals surface area contributed by atoms with E-state index in [9.17, 15) is 9.59 Å². The number of carbonyl (C=O) groups excluding carboxylic acids is 1. The second kappa shape index (κ2) is 4.00. The van der Waals surface area contributed by atoms with E-state index in [0.29, 0.717) is 0 Å². The SMILES string of the molecule is CC1(C)CC1C(=O)NC1(CC(=O)O)CCCC1. The average Bonchev–Trinajstić information content (AvgIpc) is 2.62. The summed E-state index contributed by atoms with van der Waals surface area (Å²) in [5.41, 5.74) is -0.366. The van der Waals surface area contributed by atoms with Crippen LogP contribution in [0.5, 0.6) is 0 Å². The molecule has 2 fully saturated rings. The van der Waals surface area contributed by atoms with Gasteiger partial charge in [0.2, 0.25) is 5.91 Å². The van der Waals surface area contributed by atoms with Gasteiger partial charge < -0.3 is 10.4 Å². The molecule has 1 amide bonds. The molecule has 0 saturated heterocycles. The van der Waals surface area contributed by atoms with Gasteiger partial charge in [0.15, 0.2) is 0 Å². The second-order valence-corrected chi connectivity index (χ2v) is 6.29. The number of nitrogens with one attached hydrogen (secondary N) is 1. The summed E-state index contributed by atoms with van der Waals surface area (Å²) in [6, 6.07) is 0. The van der Waals surface area contributed by atoms with Crippen molar-refractivity contribution >= 4 is 11.9 Å². The molecule has 96 valence electrons. The number of amides is 1. The Morgan fingerprint density at radius 2 is 1.82 bits per heavy atom. The van der Waals surface area contributed by atoms with Crippen LogP contribution in [-0.2, 0) is 9.59 Å². The summed E-state index contributed by atoms with van der Waals surface area (Å²) in [5.74, 6) is -0.686. The quantitative estimate of drug-likeness (QED) is 0.787. The van der Waals surface area contributed by atoms with Crippen molar-refractivity contribution in [3.63, 3.8) is 0 Å². The lowest BCUT2D eigenvalue weighted by atomic mass is 9.92. The largest absolute Gasteiger partial charge is 0.481 e. The molecule has 0 spiro atoms. The normalized spacial score (nSPS) is 28.7. The number of carboxylic acids is 1. The van der Waals surface area contributed by atoms with Crippen LogP contribution in [0.1, 0.15) is 52.4 Å². The molecule has 17 heavy (non-hydrogen) atoms. The topological polar surface area (TPSA) is 66.4 Å². The highest BCUT2D eigenvalue weighted by molar-refractivity contribution is 5.84. The first-order valence-corrected chi connectivity index (χ1v) is 6.39. The van der Waals surface area contributed by atoms with Gasteiger partial charge in [-0.3, -0.25) is 9.59 Å². The highest BCUT2D eigenvalue weighted by atomic mass is 16.4. The predicted octanol–water partition coefficient (Wildman–Crippen LogP) is 1.94. The molecular weight excluding hydrogens is 218 g/mol. The van der Waals surface area contributed by atoms with Crippen LogP contribution < -0.4 is 5.32 Å². The number of hydrogen-bond donors (Lipinski definition) is 2. The Bertz CT molecular complexity index is 343. The maximum Gasteiger partial charge on any atom is 0.305 e. The highest BCUT2D eigenvalue weighted by Crippen LogP contribution is 2.52. The molecule has 2 N–H and O–H groups in total. The van der Waals surface area contributed by atoms with Crippen molar-refractivity contribution in [2.45, 2.75) is 57.9 Å². The molecule has 2 aliphatic carbocycles. The number of aliphatic carboxylic acids is 1. The lowest BCUT2D eigenvalue weighted by molar-refractivity contribution is -0.139. The average molecular weight is 239 g/mol. The fourth-order valence-corrected chi connectivity index (χ4v) is 2.95. The maximum atomic E-state index is 12.1. The van der Waals surface area contributed by atoms with E-state index in [1.807, 2.05) is 0 Å². The summed E-state index contributed by atoms with van der Waals surface area (Å²) in [5, 5.41) is 12.0. The zero-order valence-corrected chi connectivity index (χ0v) is 10.6. The standard InChI is InChI=1S/C13H21NO3/c1-12(2)7-9(12)11(17)14-13(8-10(15)16)5-3-4-6-13/h9H,3-8H2,1-2H3,(H,14,17)(H,15,16). The molecule has 1 atom stereocenters. The van der Waals surface area contributed by atoms with Crippen molar-refractivity contribution in [1.29, 1.82) is 0 Å². The molecule has 0 aromatic heterocycles. The minimum Gasteiger partial charge on any atom is -0.481 e. The van der Waals surface area contributed by atoms with Gasteiger partial charge in [-0.1, -0.05) is 26.7 Å². The molecule has 2 aliphatic rings. The summed E-state index contributed by atoms with van der Waals surface area (Å²) in [7, 11) is 0. The minimum atomic E-state index is -0.817. The van der Waals surface area contributed by atoms with Gasteiger partial charge in [0.25, 0.3) is 0 Å². The Kier molecular flexibility index (Phi) is 2.92. The van der Waals surface area contributed by atoms with Crippen LogP contribution in [-0.4, -0.2) is 22.5 Å². The van der Waals surface area contributed by atoms with Crippen LogP contribution in [0.25, 0.3) is 0 Å². The van der Waals surface area contributed by atoms with Crippen molar-refractivity contribution in [1.82, 2.24) is 5.32 Å². The fraction of sp³-hybridized carbons (Fsp3) is 0.846. The van der Waals surface area contributed by atoms with Gasteiger partial charge in [-0.15, -0.1) is 0 Å². The first-order chi connectivity index (χ1) is 7.85. The van der Waals surface area contributed by atoms with Crippen LogP contribution >= 0.6 is 0 Å². The van der Waals surface area contributed by atoms with Gasteiger partial charge in [-0.2, -0.15) is 0 Å². The molecule has 1 unspecified atom stereocenters. The molecule has 4 heteroatoms. The maximum absolute atomic E-state index is 12.1. The van der Waals surface area contributed by atoms with E-state index in [4.69, 9.17) is 5.11 Å². The molecule has 0 bridgehead atoms. The van der Waals surface area contributed by atoms with Crippen molar-refractivity contribution in [2.24, 2.45) is 11.3 Å². The van der Waals surface area contributed by atoms with E-state index in [-0.39, 0.29) is 23.7 Å². The zero-order valence-electron chi connectivity index (χ0n) is 10.6. The highest BCUT2D eigenvalue weighted by Gasteiger charge is 2.52. The minimum absolute atomic E-state index is 0.0538. The number of carboxylic acid groups (broad SMARTS) is 1. The van der Waals surface area contributed by atoms with Crippen molar-refractivity contribution in [2.75, 3.05) is 0 Å². The van der Waals surface area contributed by atoms with Crippen LogP contribution in [0.4, 0.5) is 0 Å².